The fourth-order valence-electron chi connectivity index (χ4n) is 1.32. The van der Waals surface area contributed by atoms with Crippen LogP contribution in [-0.4, -0.2) is 38.5 Å². The molecule has 0 unspecified atom stereocenters. The molecule has 16 heavy (non-hydrogen) atoms. The summed E-state index contributed by atoms with van der Waals surface area (Å²) in [6, 6.07) is 0. The van der Waals surface area contributed by atoms with Crippen molar-refractivity contribution in [3.8, 4) is 0 Å². The molecule has 3 N–H and O–H groups in total. The van der Waals surface area contributed by atoms with Gasteiger partial charge in [0.15, 0.2) is 0 Å². The van der Waals surface area contributed by atoms with Crippen LogP contribution in [0.5, 0.6) is 0 Å². The fraction of sp³-hybridized carbons (Fsp3) is 0.600. The van der Waals surface area contributed by atoms with Crippen LogP contribution in [0.3, 0.4) is 0 Å². The molecule has 0 atom stereocenters. The molecular formula is C10H16N2O4. The first kappa shape index (κ1) is 12.7. The lowest BCUT2D eigenvalue weighted by Crippen LogP contribution is -2.37. The third kappa shape index (κ3) is 2.80. The summed E-state index contributed by atoms with van der Waals surface area (Å²) < 4.78 is 5.16. The van der Waals surface area contributed by atoms with Crippen LogP contribution in [0.15, 0.2) is 9.59 Å². The van der Waals surface area contributed by atoms with Crippen LogP contribution in [0, 0.1) is 0 Å². The molecule has 0 radical (unpaired) electrons. The van der Waals surface area contributed by atoms with Gasteiger partial charge in [0.1, 0.15) is 11.4 Å². The number of hydrogen-bond donors (Lipinski definition) is 3. The molecule has 0 fully saturated rings. The molecule has 90 valence electrons. The highest BCUT2D eigenvalue weighted by molar-refractivity contribution is 5.73. The summed E-state index contributed by atoms with van der Waals surface area (Å²) in [7, 11) is 1.60. The van der Waals surface area contributed by atoms with E-state index in [0.29, 0.717) is 37.6 Å². The van der Waals surface area contributed by atoms with E-state index in [1.165, 1.54) is 0 Å². The molecule has 0 saturated heterocycles. The minimum atomic E-state index is -0.486. The quantitative estimate of drug-likeness (QED) is 0.396. The molecule has 0 aliphatic rings. The molecule has 0 spiro atoms. The fourth-order valence-corrected chi connectivity index (χ4v) is 1.32. The number of hydrogen-bond acceptors (Lipinski definition) is 6. The largest absolute Gasteiger partial charge is 0.396 e. The average molecular weight is 228 g/mol. The van der Waals surface area contributed by atoms with Gasteiger partial charge in [-0.25, -0.2) is 0 Å². The Morgan fingerprint density at radius 2 is 1.88 bits per heavy atom. The van der Waals surface area contributed by atoms with E-state index in [-0.39, 0.29) is 6.61 Å². The second-order valence-electron chi connectivity index (χ2n) is 3.27. The van der Waals surface area contributed by atoms with Gasteiger partial charge in [0.25, 0.3) is 10.9 Å². The maximum absolute atomic E-state index is 11.1. The van der Waals surface area contributed by atoms with Crippen LogP contribution in [-0.2, 0) is 4.74 Å². The van der Waals surface area contributed by atoms with E-state index in [0.717, 1.165) is 0 Å². The van der Waals surface area contributed by atoms with Crippen LogP contribution in [0.1, 0.15) is 6.42 Å². The van der Waals surface area contributed by atoms with Gasteiger partial charge >= 0.3 is 0 Å². The van der Waals surface area contributed by atoms with E-state index in [1.54, 1.807) is 7.05 Å². The van der Waals surface area contributed by atoms with Crippen LogP contribution in [0.2, 0.25) is 0 Å². The van der Waals surface area contributed by atoms with Crippen LogP contribution in [0.4, 0.5) is 11.4 Å². The lowest BCUT2D eigenvalue weighted by molar-refractivity contribution is 0.124. The predicted octanol–water partition coefficient (Wildman–Crippen LogP) is -0.865. The predicted molar refractivity (Wildman–Crippen MR) is 61.9 cm³/mol. The maximum Gasteiger partial charge on any atom is 0.253 e. The second kappa shape index (κ2) is 6.24. The Morgan fingerprint density at radius 3 is 2.50 bits per heavy atom. The number of nitrogens with one attached hydrogen (secondary N) is 2. The van der Waals surface area contributed by atoms with Gasteiger partial charge in [-0.3, -0.25) is 9.59 Å². The van der Waals surface area contributed by atoms with Crippen molar-refractivity contribution in [3.05, 3.63) is 20.4 Å². The SMILES string of the molecule is CNc1c(NCCOCCCO)c(=O)c1=O. The van der Waals surface area contributed by atoms with E-state index in [1.807, 2.05) is 0 Å². The first-order valence-electron chi connectivity index (χ1n) is 5.16. The summed E-state index contributed by atoms with van der Waals surface area (Å²) in [4.78, 5) is 22.1. The number of aliphatic hydroxyl groups is 1. The smallest absolute Gasteiger partial charge is 0.253 e. The zero-order chi connectivity index (χ0) is 12.0. The highest BCUT2D eigenvalue weighted by atomic mass is 16.5. The third-order valence-electron chi connectivity index (χ3n) is 2.16. The van der Waals surface area contributed by atoms with Crippen molar-refractivity contribution in [2.75, 3.05) is 44.0 Å². The molecule has 0 heterocycles. The van der Waals surface area contributed by atoms with Crippen molar-refractivity contribution in [1.82, 2.24) is 0 Å². The monoisotopic (exact) mass is 228 g/mol. The molecule has 1 aromatic carbocycles. The highest BCUT2D eigenvalue weighted by Crippen LogP contribution is 2.12. The van der Waals surface area contributed by atoms with Crippen molar-refractivity contribution in [2.24, 2.45) is 0 Å². The van der Waals surface area contributed by atoms with Crippen LogP contribution in [0.25, 0.3) is 0 Å². The minimum absolute atomic E-state index is 0.107. The Balaban J connectivity index is 2.25. The second-order valence-corrected chi connectivity index (χ2v) is 3.27. The van der Waals surface area contributed by atoms with E-state index >= 15 is 0 Å². The van der Waals surface area contributed by atoms with Crippen LogP contribution >= 0.6 is 0 Å². The summed E-state index contributed by atoms with van der Waals surface area (Å²) in [5.41, 5.74) is -0.301. The summed E-state index contributed by atoms with van der Waals surface area (Å²) in [5, 5.41) is 14.0. The van der Waals surface area contributed by atoms with E-state index in [4.69, 9.17) is 9.84 Å². The average Bonchev–Trinajstić information content (AvgIpc) is 2.31. The lowest BCUT2D eigenvalue weighted by atomic mass is 10.2. The Morgan fingerprint density at radius 1 is 1.19 bits per heavy atom. The zero-order valence-corrected chi connectivity index (χ0v) is 9.21. The molecule has 0 aliphatic carbocycles. The molecular weight excluding hydrogens is 212 g/mol. The van der Waals surface area contributed by atoms with Crippen molar-refractivity contribution in [1.29, 1.82) is 0 Å². The molecule has 0 saturated carbocycles. The summed E-state index contributed by atoms with van der Waals surface area (Å²) in [6.07, 6.45) is 0.599. The summed E-state index contributed by atoms with van der Waals surface area (Å²) in [6.45, 7) is 1.49. The van der Waals surface area contributed by atoms with Crippen molar-refractivity contribution in [3.63, 3.8) is 0 Å². The minimum Gasteiger partial charge on any atom is -0.396 e. The van der Waals surface area contributed by atoms with Crippen molar-refractivity contribution < 1.29 is 9.84 Å². The summed E-state index contributed by atoms with van der Waals surface area (Å²) in [5.74, 6) is 0. The zero-order valence-electron chi connectivity index (χ0n) is 9.21. The Labute approximate surface area is 92.9 Å². The Bertz CT molecular complexity index is 395. The van der Waals surface area contributed by atoms with Gasteiger partial charge in [-0.1, -0.05) is 0 Å². The van der Waals surface area contributed by atoms with Gasteiger partial charge < -0.3 is 20.5 Å². The third-order valence-corrected chi connectivity index (χ3v) is 2.16. The molecule has 1 rings (SSSR count). The number of aliphatic hydroxyl groups excluding tert-OH is 1. The molecule has 1 aromatic rings. The first-order chi connectivity index (χ1) is 7.72. The number of ether oxygens (including phenoxy) is 1. The Kier molecular flexibility index (Phi) is 4.94. The van der Waals surface area contributed by atoms with Gasteiger partial charge in [-0.15, -0.1) is 0 Å². The summed E-state index contributed by atoms with van der Waals surface area (Å²) >= 11 is 0. The highest BCUT2D eigenvalue weighted by Gasteiger charge is 2.18. The standard InChI is InChI=1S/C10H16N2O4/c1-11-7-8(10(15)9(7)14)12-3-6-16-5-2-4-13/h11-13H,2-6H2,1H3. The molecule has 0 aliphatic heterocycles. The lowest BCUT2D eigenvalue weighted by Gasteiger charge is -2.12. The first-order valence-corrected chi connectivity index (χ1v) is 5.16. The molecule has 0 amide bonds. The number of rotatable bonds is 8. The Hall–Kier alpha value is -1.40. The molecule has 0 bridgehead atoms. The van der Waals surface area contributed by atoms with Gasteiger partial charge in [0.05, 0.1) is 6.61 Å². The van der Waals surface area contributed by atoms with Crippen molar-refractivity contribution >= 4 is 11.4 Å². The van der Waals surface area contributed by atoms with E-state index in [9.17, 15) is 9.59 Å². The van der Waals surface area contributed by atoms with E-state index in [2.05, 4.69) is 10.6 Å². The molecule has 0 aromatic heterocycles. The number of anilines is 2. The molecule has 6 nitrogen and oxygen atoms in total. The maximum atomic E-state index is 11.1. The van der Waals surface area contributed by atoms with Crippen molar-refractivity contribution in [2.45, 2.75) is 6.42 Å². The van der Waals surface area contributed by atoms with Gasteiger partial charge in [0.2, 0.25) is 0 Å². The topological polar surface area (TPSA) is 87.7 Å². The van der Waals surface area contributed by atoms with Gasteiger partial charge in [-0.2, -0.15) is 0 Å². The van der Waals surface area contributed by atoms with E-state index < -0.39 is 10.9 Å². The van der Waals surface area contributed by atoms with Gasteiger partial charge in [0, 0.05) is 26.8 Å². The molecule has 6 heteroatoms. The van der Waals surface area contributed by atoms with Gasteiger partial charge in [-0.05, 0) is 6.42 Å². The van der Waals surface area contributed by atoms with Crippen LogP contribution < -0.4 is 21.5 Å². The normalized spacial score (nSPS) is 10.6.